The topological polar surface area (TPSA) is 113 Å². The van der Waals surface area contributed by atoms with Crippen LogP contribution in [0.4, 0.5) is 0 Å². The van der Waals surface area contributed by atoms with Crippen molar-refractivity contribution in [1.29, 1.82) is 0 Å². The second-order valence-electron chi connectivity index (χ2n) is 12.6. The molecule has 0 aromatic carbocycles. The van der Waals surface area contributed by atoms with Gasteiger partial charge in [0.2, 0.25) is 11.8 Å². The number of hydrogen-bond donors (Lipinski definition) is 2. The van der Waals surface area contributed by atoms with E-state index in [-0.39, 0.29) is 48.3 Å². The van der Waals surface area contributed by atoms with E-state index in [1.165, 1.54) is 5.57 Å². The number of fused-ring (bicyclic) bond motifs is 3. The number of pyridine rings is 1. The molecule has 4 atom stereocenters. The predicted octanol–water partition coefficient (Wildman–Crippen LogP) is 5.27. The number of amides is 2. The van der Waals surface area contributed by atoms with Gasteiger partial charge in [-0.3, -0.25) is 19.5 Å². The first-order valence-corrected chi connectivity index (χ1v) is 15.6. The van der Waals surface area contributed by atoms with E-state index in [9.17, 15) is 19.7 Å². The third-order valence-electron chi connectivity index (χ3n) is 9.74. The number of carbonyl (C=O) groups is 2. The average Bonchev–Trinajstić information content (AvgIpc) is 3.56. The fourth-order valence-electron chi connectivity index (χ4n) is 7.82. The van der Waals surface area contributed by atoms with E-state index < -0.39 is 13.0 Å². The van der Waals surface area contributed by atoms with Gasteiger partial charge in [0.25, 0.3) is 0 Å². The maximum absolute atomic E-state index is 14.0. The molecule has 0 spiro atoms. The van der Waals surface area contributed by atoms with Crippen molar-refractivity contribution >= 4 is 30.6 Å². The van der Waals surface area contributed by atoms with Crippen molar-refractivity contribution in [3.8, 4) is 0 Å². The van der Waals surface area contributed by atoms with Crippen molar-refractivity contribution < 1.29 is 28.8 Å². The molecule has 1 saturated carbocycles. The molecule has 2 aliphatic carbocycles. The number of carbonyl (C=O) groups excluding carboxylic acids is 2. The molecular weight excluding hydrogens is 531 g/mol. The summed E-state index contributed by atoms with van der Waals surface area (Å²) in [6, 6.07) is 9.35. The van der Waals surface area contributed by atoms with E-state index >= 15 is 0 Å². The normalized spacial score (nSPS) is 27.2. The number of imide groups is 1. The Kier molecular flexibility index (Phi) is 8.52. The molecule has 2 aromatic heterocycles. The minimum atomic E-state index is -0.998. The first-order chi connectivity index (χ1) is 20.4. The van der Waals surface area contributed by atoms with Crippen LogP contribution in [0.5, 0.6) is 0 Å². The molecule has 4 aliphatic rings. The molecule has 222 valence electrons. The predicted molar refractivity (Wildman–Crippen MR) is 159 cm³/mol. The molecule has 42 heavy (non-hydrogen) atoms. The highest BCUT2D eigenvalue weighted by Crippen LogP contribution is 2.52. The van der Waals surface area contributed by atoms with Crippen molar-refractivity contribution in [2.75, 3.05) is 0 Å². The lowest BCUT2D eigenvalue weighted by Crippen LogP contribution is -2.47. The molecule has 9 heteroatoms. The Labute approximate surface area is 248 Å². The summed E-state index contributed by atoms with van der Waals surface area (Å²) in [5.41, 5.74) is 4.08. The fraction of sp³-hybridized carbons (Fsp3) is 0.545. The summed E-state index contributed by atoms with van der Waals surface area (Å²) < 4.78 is 12.0. The molecule has 0 unspecified atom stereocenters. The summed E-state index contributed by atoms with van der Waals surface area (Å²) in [6.07, 6.45) is 10.5. The van der Waals surface area contributed by atoms with Crippen LogP contribution >= 0.6 is 0 Å². The third-order valence-corrected chi connectivity index (χ3v) is 9.74. The van der Waals surface area contributed by atoms with Gasteiger partial charge in [-0.1, -0.05) is 44.7 Å². The number of hydrogen-bond acceptors (Lipinski definition) is 7. The van der Waals surface area contributed by atoms with E-state index in [0.717, 1.165) is 48.9 Å². The van der Waals surface area contributed by atoms with Crippen molar-refractivity contribution in [2.45, 2.75) is 90.3 Å². The fourth-order valence-corrected chi connectivity index (χ4v) is 7.82. The molecule has 2 saturated heterocycles. The van der Waals surface area contributed by atoms with Crippen LogP contribution in [0.3, 0.4) is 0 Å². The van der Waals surface area contributed by atoms with Crippen LogP contribution in [0.15, 0.2) is 52.1 Å². The average molecular weight is 573 g/mol. The SMILES string of the molecule is CC(C)C1=C2[C@@H](CC/C(=C/c3ccc(CO)o3)c3ccccn3)OB(O)C[C@@H]2[C@@H]2C(=O)N(C3CCCCC3)C(=O)[C@@H]2C1. The van der Waals surface area contributed by atoms with Crippen LogP contribution in [0, 0.1) is 23.7 Å². The summed E-state index contributed by atoms with van der Waals surface area (Å²) in [7, 11) is -0.998. The molecule has 2 amide bonds. The molecule has 3 fully saturated rings. The number of aliphatic hydroxyl groups is 1. The van der Waals surface area contributed by atoms with Gasteiger partial charge in [0, 0.05) is 12.2 Å². The smallest absolute Gasteiger partial charge is 0.455 e. The van der Waals surface area contributed by atoms with Gasteiger partial charge in [-0.2, -0.15) is 0 Å². The quantitative estimate of drug-likeness (QED) is 0.252. The van der Waals surface area contributed by atoms with Gasteiger partial charge in [-0.15, -0.1) is 0 Å². The van der Waals surface area contributed by atoms with Crippen molar-refractivity contribution in [3.05, 3.63) is 64.9 Å². The number of aliphatic hydroxyl groups excluding tert-OH is 1. The number of allylic oxidation sites excluding steroid dienone is 2. The highest BCUT2D eigenvalue weighted by molar-refractivity contribution is 6.43. The van der Waals surface area contributed by atoms with Crippen LogP contribution in [0.1, 0.15) is 82.4 Å². The lowest BCUT2D eigenvalue weighted by molar-refractivity contribution is -0.143. The highest BCUT2D eigenvalue weighted by Gasteiger charge is 2.58. The van der Waals surface area contributed by atoms with Crippen molar-refractivity contribution in [1.82, 2.24) is 9.88 Å². The zero-order valence-corrected chi connectivity index (χ0v) is 24.6. The molecular formula is C33H41BN2O6. The second kappa shape index (κ2) is 12.3. The molecule has 2 N–H and O–H groups in total. The minimum Gasteiger partial charge on any atom is -0.459 e. The van der Waals surface area contributed by atoms with E-state index in [2.05, 4.69) is 18.8 Å². The molecule has 0 radical (unpaired) electrons. The third kappa shape index (κ3) is 5.54. The van der Waals surface area contributed by atoms with E-state index in [1.54, 1.807) is 17.2 Å². The maximum atomic E-state index is 14.0. The van der Waals surface area contributed by atoms with Gasteiger partial charge in [0.05, 0.1) is 23.6 Å². The largest absolute Gasteiger partial charge is 0.459 e. The Morgan fingerprint density at radius 2 is 1.93 bits per heavy atom. The highest BCUT2D eigenvalue weighted by atomic mass is 16.5. The number of nitrogens with zero attached hydrogens (tertiary/aromatic N) is 2. The first kappa shape index (κ1) is 29.1. The number of furan rings is 1. The lowest BCUT2D eigenvalue weighted by atomic mass is 9.57. The summed E-state index contributed by atoms with van der Waals surface area (Å²) in [4.78, 5) is 34.0. The molecule has 0 bridgehead atoms. The molecule has 2 aliphatic heterocycles. The summed E-state index contributed by atoms with van der Waals surface area (Å²) in [6.45, 7) is 4.13. The van der Waals surface area contributed by atoms with Crippen molar-refractivity contribution in [2.24, 2.45) is 23.7 Å². The van der Waals surface area contributed by atoms with Crippen molar-refractivity contribution in [3.63, 3.8) is 0 Å². The Bertz CT molecular complexity index is 1360. The van der Waals surface area contributed by atoms with Crippen LogP contribution in [0.2, 0.25) is 6.32 Å². The van der Waals surface area contributed by atoms with Crippen LogP contribution in [-0.4, -0.2) is 51.1 Å². The van der Waals surface area contributed by atoms with E-state index in [0.29, 0.717) is 37.1 Å². The Hall–Kier alpha value is -3.01. The van der Waals surface area contributed by atoms with Gasteiger partial charge in [-0.25, -0.2) is 0 Å². The number of rotatable bonds is 8. The summed E-state index contributed by atoms with van der Waals surface area (Å²) in [5, 5.41) is 20.4. The Morgan fingerprint density at radius 1 is 1.12 bits per heavy atom. The monoisotopic (exact) mass is 572 g/mol. The minimum absolute atomic E-state index is 0.00676. The number of aromatic nitrogens is 1. The van der Waals surface area contributed by atoms with E-state index in [4.69, 9.17) is 9.07 Å². The Morgan fingerprint density at radius 3 is 2.62 bits per heavy atom. The molecule has 8 nitrogen and oxygen atoms in total. The number of likely N-dealkylation sites (tertiary alicyclic amines) is 1. The standard InChI is InChI=1S/C33H41BN2O6/c1-20(2)25-17-26-31(33(39)36(32(26)38)22-8-4-3-5-9-22)27-18-34(40)42-29(30(25)27)14-11-21(28-10-6-7-15-35-28)16-23-12-13-24(19-37)41-23/h6-7,10,12-13,15-16,20,22,26-27,29,31,37,40H,3-5,8-9,11,14,17-19H2,1-2H3/b21-16-/t26-,27+,29-,31-/m1/s1. The van der Waals surface area contributed by atoms with Crippen LogP contribution in [0.25, 0.3) is 11.6 Å². The Balaban J connectivity index is 1.31. The van der Waals surface area contributed by atoms with Crippen LogP contribution < -0.4 is 0 Å². The van der Waals surface area contributed by atoms with Gasteiger partial charge in [0.1, 0.15) is 18.1 Å². The maximum Gasteiger partial charge on any atom is 0.455 e. The van der Waals surface area contributed by atoms with Gasteiger partial charge < -0.3 is 19.2 Å². The lowest BCUT2D eigenvalue weighted by Gasteiger charge is -2.44. The summed E-state index contributed by atoms with van der Waals surface area (Å²) in [5.74, 6) is 0.285. The van der Waals surface area contributed by atoms with E-state index in [1.807, 2.05) is 30.3 Å². The molecule has 2 aromatic rings. The summed E-state index contributed by atoms with van der Waals surface area (Å²) >= 11 is 0. The van der Waals surface area contributed by atoms with Crippen LogP contribution in [-0.2, 0) is 20.9 Å². The van der Waals surface area contributed by atoms with Gasteiger partial charge >= 0.3 is 7.12 Å². The zero-order chi connectivity index (χ0) is 29.4. The zero-order valence-electron chi connectivity index (χ0n) is 24.6. The molecule has 6 rings (SSSR count). The second-order valence-corrected chi connectivity index (χ2v) is 12.6. The first-order valence-electron chi connectivity index (χ1n) is 15.6. The van der Waals surface area contributed by atoms with Gasteiger partial charge in [-0.05, 0) is 91.7 Å². The molecule has 4 heterocycles. The van der Waals surface area contributed by atoms with Gasteiger partial charge in [0.15, 0.2) is 0 Å².